The molecule has 0 saturated carbocycles. The van der Waals surface area contributed by atoms with Crippen LogP contribution < -0.4 is 4.74 Å². The maximum atomic E-state index is 7.34. The van der Waals surface area contributed by atoms with Gasteiger partial charge in [0.1, 0.15) is 36.3 Å². The summed E-state index contributed by atoms with van der Waals surface area (Å²) in [5.41, 5.74) is 9.75. The molecule has 6 aromatic rings. The Bertz CT molecular complexity index is 2160. The lowest BCUT2D eigenvalue weighted by Gasteiger charge is -2.47. The van der Waals surface area contributed by atoms with Crippen LogP contribution in [0.5, 0.6) is 5.75 Å². The van der Waals surface area contributed by atoms with Crippen LogP contribution in [-0.2, 0) is 69.4 Å². The van der Waals surface area contributed by atoms with Crippen LogP contribution in [0.3, 0.4) is 0 Å². The number of rotatable bonds is 17. The van der Waals surface area contributed by atoms with E-state index >= 15 is 0 Å². The maximum absolute atomic E-state index is 7.34. The minimum atomic E-state index is -0.572. The third-order valence-corrected chi connectivity index (χ3v) is 11.5. The smallest absolute Gasteiger partial charge is 0.141 e. The average molecular weight is 795 g/mol. The Morgan fingerprint density at radius 3 is 1.62 bits per heavy atom. The second-order valence-corrected chi connectivity index (χ2v) is 15.4. The molecule has 58 heavy (non-hydrogen) atoms. The summed E-state index contributed by atoms with van der Waals surface area (Å²) in [4.78, 5) is 0. The van der Waals surface area contributed by atoms with Gasteiger partial charge >= 0.3 is 0 Å². The number of fused-ring (bicyclic) bond motifs is 1. The first-order valence-corrected chi connectivity index (χ1v) is 20.8. The van der Waals surface area contributed by atoms with Gasteiger partial charge in [-0.05, 0) is 57.3 Å². The van der Waals surface area contributed by atoms with Gasteiger partial charge in [0.05, 0.1) is 44.7 Å². The summed E-state index contributed by atoms with van der Waals surface area (Å²) < 4.78 is 41.2. The second-order valence-electron chi connectivity index (χ2n) is 15.1. The van der Waals surface area contributed by atoms with E-state index in [4.69, 9.17) is 40.0 Å². The van der Waals surface area contributed by atoms with Gasteiger partial charge in [-0.3, -0.25) is 0 Å². The van der Waals surface area contributed by atoms with Crippen molar-refractivity contribution in [3.05, 3.63) is 207 Å². The molecule has 5 atom stereocenters. The Labute approximate surface area is 347 Å². The van der Waals surface area contributed by atoms with Gasteiger partial charge in [-0.25, -0.2) is 0 Å². The van der Waals surface area contributed by atoms with Crippen molar-refractivity contribution in [3.8, 4) is 5.75 Å². The zero-order chi connectivity index (χ0) is 39.5. The van der Waals surface area contributed by atoms with E-state index in [0.717, 1.165) is 51.1 Å². The highest BCUT2D eigenvalue weighted by Gasteiger charge is 2.50. The highest BCUT2D eigenvalue weighted by atomic mass is 35.5. The molecule has 0 N–H and O–H groups in total. The summed E-state index contributed by atoms with van der Waals surface area (Å²) in [6.07, 6.45) is -0.373. The van der Waals surface area contributed by atoms with Crippen molar-refractivity contribution in [3.63, 3.8) is 0 Å². The van der Waals surface area contributed by atoms with Crippen LogP contribution >= 0.6 is 11.6 Å². The summed E-state index contributed by atoms with van der Waals surface area (Å²) in [6.45, 7) is 4.53. The molecule has 2 aliphatic heterocycles. The van der Waals surface area contributed by atoms with Crippen LogP contribution in [0.25, 0.3) is 0 Å². The molecular formula is C51H51ClO6. The van der Waals surface area contributed by atoms with E-state index in [1.807, 2.05) is 72.8 Å². The Hall–Kier alpha value is -4.79. The Balaban J connectivity index is 1.21. The zero-order valence-corrected chi connectivity index (χ0v) is 33.8. The van der Waals surface area contributed by atoms with Crippen molar-refractivity contribution >= 4 is 11.6 Å². The second kappa shape index (κ2) is 19.8. The largest absolute Gasteiger partial charge is 0.491 e. The standard InChI is InChI=1S/C51H51ClO6/c1-2-36-23-25-37(26-24-36)29-42-30-44(43-27-28-54-47(43)46(42)52)48-50(56-33-40-19-11-5-12-20-40)51(57-34-41-21-13-6-14-22-41)49(55-32-39-17-9-4-10-18-39)45(58-48)35-53-31-38-15-7-3-8-16-38/h3-26,30,45,48-51H,2,27-29,31-35H2,1H3/t45?,48?,49-,50+,51+/m1/s1. The fourth-order valence-electron chi connectivity index (χ4n) is 7.95. The molecule has 1 saturated heterocycles. The predicted molar refractivity (Wildman–Crippen MR) is 228 cm³/mol. The maximum Gasteiger partial charge on any atom is 0.141 e. The molecule has 0 spiro atoms. The van der Waals surface area contributed by atoms with E-state index in [2.05, 4.69) is 85.8 Å². The van der Waals surface area contributed by atoms with Crippen molar-refractivity contribution in [2.24, 2.45) is 0 Å². The third kappa shape index (κ3) is 9.90. The van der Waals surface area contributed by atoms with Gasteiger partial charge in [0, 0.05) is 12.0 Å². The highest BCUT2D eigenvalue weighted by Crippen LogP contribution is 2.46. The number of hydrogen-bond donors (Lipinski definition) is 0. The van der Waals surface area contributed by atoms with E-state index < -0.39 is 30.5 Å². The van der Waals surface area contributed by atoms with Crippen LogP contribution in [-0.4, -0.2) is 37.6 Å². The number of aryl methyl sites for hydroxylation is 1. The number of halogens is 1. The molecule has 6 nitrogen and oxygen atoms in total. The van der Waals surface area contributed by atoms with Gasteiger partial charge in [-0.2, -0.15) is 0 Å². The SMILES string of the molecule is CCc1ccc(Cc2cc(C3OC(COCc4ccccc4)[C@@H](OCc4ccccc4)[C@H](OCc4ccccc4)[C@H]3OCc3ccccc3)c3c(c2Cl)OCC3)cc1. The van der Waals surface area contributed by atoms with Gasteiger partial charge in [0.2, 0.25) is 0 Å². The normalized spacial score (nSPS) is 20.1. The zero-order valence-electron chi connectivity index (χ0n) is 33.0. The lowest BCUT2D eigenvalue weighted by molar-refractivity contribution is -0.275. The number of hydrogen-bond acceptors (Lipinski definition) is 6. The van der Waals surface area contributed by atoms with E-state index in [1.165, 1.54) is 11.1 Å². The van der Waals surface area contributed by atoms with Crippen LogP contribution in [0.4, 0.5) is 0 Å². The molecule has 2 heterocycles. The molecule has 0 bridgehead atoms. The molecule has 0 amide bonds. The van der Waals surface area contributed by atoms with Gasteiger partial charge in [0.15, 0.2) is 0 Å². The Kier molecular flexibility index (Phi) is 13.6. The van der Waals surface area contributed by atoms with Crippen LogP contribution in [0.1, 0.15) is 63.1 Å². The molecule has 6 aromatic carbocycles. The predicted octanol–water partition coefficient (Wildman–Crippen LogP) is 10.8. The molecule has 0 aliphatic carbocycles. The summed E-state index contributed by atoms with van der Waals surface area (Å²) in [7, 11) is 0. The molecule has 298 valence electrons. The Morgan fingerprint density at radius 2 is 1.07 bits per heavy atom. The van der Waals surface area contributed by atoms with Crippen LogP contribution in [0.15, 0.2) is 152 Å². The van der Waals surface area contributed by atoms with Gasteiger partial charge in [-0.15, -0.1) is 0 Å². The molecule has 0 radical (unpaired) electrons. The quantitative estimate of drug-likeness (QED) is 0.0917. The molecule has 8 rings (SSSR count). The summed E-state index contributed by atoms with van der Waals surface area (Å²) in [6, 6.07) is 51.9. The third-order valence-electron chi connectivity index (χ3n) is 11.0. The van der Waals surface area contributed by atoms with Gasteiger partial charge < -0.3 is 28.4 Å². The molecule has 2 unspecified atom stereocenters. The fourth-order valence-corrected chi connectivity index (χ4v) is 8.24. The van der Waals surface area contributed by atoms with Gasteiger partial charge in [-0.1, -0.05) is 170 Å². The van der Waals surface area contributed by atoms with Crippen LogP contribution in [0, 0.1) is 0 Å². The fraction of sp³-hybridized carbons (Fsp3) is 0.294. The molecular weight excluding hydrogens is 744 g/mol. The molecule has 7 heteroatoms. The minimum Gasteiger partial charge on any atom is -0.491 e. The Morgan fingerprint density at radius 1 is 0.569 bits per heavy atom. The summed E-state index contributed by atoms with van der Waals surface area (Å²) in [5.74, 6) is 0.728. The molecule has 2 aliphatic rings. The highest BCUT2D eigenvalue weighted by molar-refractivity contribution is 6.33. The topological polar surface area (TPSA) is 55.4 Å². The van der Waals surface area contributed by atoms with Crippen LogP contribution in [0.2, 0.25) is 5.02 Å². The van der Waals surface area contributed by atoms with E-state index in [0.29, 0.717) is 50.9 Å². The first-order valence-electron chi connectivity index (χ1n) is 20.4. The van der Waals surface area contributed by atoms with Crippen molar-refractivity contribution in [2.45, 2.75) is 83.1 Å². The number of ether oxygens (including phenoxy) is 6. The van der Waals surface area contributed by atoms with Crippen molar-refractivity contribution in [2.75, 3.05) is 13.2 Å². The summed E-state index contributed by atoms with van der Waals surface area (Å²) >= 11 is 7.21. The summed E-state index contributed by atoms with van der Waals surface area (Å²) in [5, 5.41) is 0.650. The van der Waals surface area contributed by atoms with Crippen molar-refractivity contribution in [1.29, 1.82) is 0 Å². The van der Waals surface area contributed by atoms with Crippen molar-refractivity contribution < 1.29 is 28.4 Å². The van der Waals surface area contributed by atoms with Crippen molar-refractivity contribution in [1.82, 2.24) is 0 Å². The number of benzene rings is 6. The molecule has 0 aromatic heterocycles. The lowest BCUT2D eigenvalue weighted by Crippen LogP contribution is -2.58. The van der Waals surface area contributed by atoms with E-state index in [9.17, 15) is 0 Å². The first kappa shape index (κ1) is 40.0. The molecule has 1 fully saturated rings. The van der Waals surface area contributed by atoms with Gasteiger partial charge in [0.25, 0.3) is 0 Å². The monoisotopic (exact) mass is 794 g/mol. The van der Waals surface area contributed by atoms with E-state index in [1.54, 1.807) is 0 Å². The van der Waals surface area contributed by atoms with E-state index in [-0.39, 0.29) is 6.61 Å². The first-order chi connectivity index (χ1) is 28.6. The average Bonchev–Trinajstić information content (AvgIpc) is 3.78. The minimum absolute atomic E-state index is 0.282. The lowest BCUT2D eigenvalue weighted by atomic mass is 9.86.